The molecule has 0 spiro atoms. The Morgan fingerprint density at radius 3 is 2.81 bits per heavy atom. The zero-order valence-electron chi connectivity index (χ0n) is 11.7. The number of aromatic amines is 1. The van der Waals surface area contributed by atoms with Crippen LogP contribution >= 0.6 is 27.5 Å². The predicted octanol–water partition coefficient (Wildman–Crippen LogP) is 4.48. The van der Waals surface area contributed by atoms with Crippen molar-refractivity contribution < 1.29 is 4.79 Å². The van der Waals surface area contributed by atoms with Crippen LogP contribution in [0.25, 0.3) is 11.3 Å². The van der Waals surface area contributed by atoms with Crippen molar-refractivity contribution in [1.82, 2.24) is 10.2 Å². The SMILES string of the molecule is CC(CCCBr)C(=O)Nc1cc(-c2ccc(Cl)cc2)[nH]n1. The maximum Gasteiger partial charge on any atom is 0.228 e. The van der Waals surface area contributed by atoms with Crippen LogP contribution < -0.4 is 5.32 Å². The summed E-state index contributed by atoms with van der Waals surface area (Å²) in [7, 11) is 0. The van der Waals surface area contributed by atoms with E-state index in [0.29, 0.717) is 10.8 Å². The summed E-state index contributed by atoms with van der Waals surface area (Å²) in [6, 6.07) is 9.26. The molecule has 6 heteroatoms. The van der Waals surface area contributed by atoms with Gasteiger partial charge in [0, 0.05) is 22.3 Å². The largest absolute Gasteiger partial charge is 0.309 e. The lowest BCUT2D eigenvalue weighted by atomic mass is 10.1. The highest BCUT2D eigenvalue weighted by Gasteiger charge is 2.14. The predicted molar refractivity (Wildman–Crippen MR) is 89.9 cm³/mol. The lowest BCUT2D eigenvalue weighted by Crippen LogP contribution is -2.20. The van der Waals surface area contributed by atoms with E-state index in [-0.39, 0.29) is 11.8 Å². The van der Waals surface area contributed by atoms with Crippen LogP contribution in [0.2, 0.25) is 5.02 Å². The summed E-state index contributed by atoms with van der Waals surface area (Å²) in [4.78, 5) is 12.0. The minimum absolute atomic E-state index is 0.00916. The van der Waals surface area contributed by atoms with Crippen LogP contribution in [0.4, 0.5) is 5.82 Å². The molecule has 1 aromatic carbocycles. The number of H-pyrrole nitrogens is 1. The lowest BCUT2D eigenvalue weighted by Gasteiger charge is -2.09. The standard InChI is InChI=1S/C15H17BrClN3O/c1-10(3-2-8-16)15(21)18-14-9-13(19-20-14)11-4-6-12(17)7-5-11/h4-7,9-10H,2-3,8H2,1H3,(H2,18,19,20,21). The topological polar surface area (TPSA) is 57.8 Å². The van der Waals surface area contributed by atoms with Gasteiger partial charge in [0.25, 0.3) is 0 Å². The third-order valence-electron chi connectivity index (χ3n) is 3.20. The monoisotopic (exact) mass is 369 g/mol. The summed E-state index contributed by atoms with van der Waals surface area (Å²) in [5.41, 5.74) is 1.81. The molecule has 112 valence electrons. The van der Waals surface area contributed by atoms with Gasteiger partial charge in [-0.25, -0.2) is 0 Å². The van der Waals surface area contributed by atoms with E-state index >= 15 is 0 Å². The zero-order valence-corrected chi connectivity index (χ0v) is 14.0. The minimum Gasteiger partial charge on any atom is -0.309 e. The number of aromatic nitrogens is 2. The van der Waals surface area contributed by atoms with Gasteiger partial charge in [-0.05, 0) is 30.5 Å². The summed E-state index contributed by atoms with van der Waals surface area (Å²) in [6.45, 7) is 1.92. The number of carbonyl (C=O) groups excluding carboxylic acids is 1. The van der Waals surface area contributed by atoms with Crippen LogP contribution in [0, 0.1) is 5.92 Å². The molecule has 21 heavy (non-hydrogen) atoms. The second-order valence-corrected chi connectivity index (χ2v) is 6.12. The van der Waals surface area contributed by atoms with Crippen LogP contribution in [-0.4, -0.2) is 21.4 Å². The molecule has 2 N–H and O–H groups in total. The minimum atomic E-state index is -0.0294. The van der Waals surface area contributed by atoms with Crippen LogP contribution in [0.1, 0.15) is 19.8 Å². The van der Waals surface area contributed by atoms with E-state index in [2.05, 4.69) is 31.4 Å². The van der Waals surface area contributed by atoms with Crippen molar-refractivity contribution in [3.8, 4) is 11.3 Å². The Balaban J connectivity index is 2.00. The van der Waals surface area contributed by atoms with Gasteiger partial charge in [-0.2, -0.15) is 5.10 Å². The van der Waals surface area contributed by atoms with Gasteiger partial charge >= 0.3 is 0 Å². The van der Waals surface area contributed by atoms with Crippen LogP contribution in [0.3, 0.4) is 0 Å². The average molecular weight is 371 g/mol. The van der Waals surface area contributed by atoms with E-state index in [4.69, 9.17) is 11.6 Å². The normalized spacial score (nSPS) is 12.1. The smallest absolute Gasteiger partial charge is 0.228 e. The molecule has 1 heterocycles. The highest BCUT2D eigenvalue weighted by molar-refractivity contribution is 9.09. The number of anilines is 1. The molecule has 0 bridgehead atoms. The molecule has 1 amide bonds. The maximum atomic E-state index is 12.0. The summed E-state index contributed by atoms with van der Waals surface area (Å²) in [5, 5.41) is 11.5. The fourth-order valence-electron chi connectivity index (χ4n) is 1.93. The van der Waals surface area contributed by atoms with E-state index in [1.54, 1.807) is 0 Å². The number of amides is 1. The molecular formula is C15H17BrClN3O. The first-order valence-corrected chi connectivity index (χ1v) is 8.28. The van der Waals surface area contributed by atoms with Gasteiger partial charge in [0.1, 0.15) is 0 Å². The third kappa shape index (κ3) is 4.58. The van der Waals surface area contributed by atoms with E-state index in [9.17, 15) is 4.79 Å². The summed E-state index contributed by atoms with van der Waals surface area (Å²) >= 11 is 9.23. The Kier molecular flexibility index (Phi) is 5.82. The van der Waals surface area contributed by atoms with Gasteiger partial charge in [-0.1, -0.05) is 46.6 Å². The molecule has 0 aliphatic heterocycles. The zero-order chi connectivity index (χ0) is 15.2. The Bertz CT molecular complexity index is 597. The van der Waals surface area contributed by atoms with E-state index in [0.717, 1.165) is 29.4 Å². The first kappa shape index (κ1) is 16.0. The van der Waals surface area contributed by atoms with E-state index < -0.39 is 0 Å². The van der Waals surface area contributed by atoms with Crippen LogP contribution in [0.15, 0.2) is 30.3 Å². The molecule has 1 atom stereocenters. The molecule has 2 aromatic rings. The number of nitrogens with zero attached hydrogens (tertiary/aromatic N) is 1. The molecule has 1 aromatic heterocycles. The Hall–Kier alpha value is -1.33. The molecule has 0 fully saturated rings. The number of hydrogen-bond donors (Lipinski definition) is 2. The van der Waals surface area contributed by atoms with Crippen LogP contribution in [0.5, 0.6) is 0 Å². The molecule has 0 saturated carbocycles. The molecule has 0 aliphatic rings. The van der Waals surface area contributed by atoms with E-state index in [1.165, 1.54) is 0 Å². The highest BCUT2D eigenvalue weighted by Crippen LogP contribution is 2.22. The quantitative estimate of drug-likeness (QED) is 0.737. The number of carbonyl (C=O) groups is 1. The Morgan fingerprint density at radius 1 is 1.43 bits per heavy atom. The second-order valence-electron chi connectivity index (χ2n) is 4.90. The number of nitrogens with one attached hydrogen (secondary N) is 2. The van der Waals surface area contributed by atoms with Gasteiger partial charge in [-0.3, -0.25) is 9.89 Å². The molecule has 0 saturated heterocycles. The molecule has 0 aliphatic carbocycles. The highest BCUT2D eigenvalue weighted by atomic mass is 79.9. The maximum absolute atomic E-state index is 12.0. The van der Waals surface area contributed by atoms with Gasteiger partial charge in [0.15, 0.2) is 5.82 Å². The molecule has 4 nitrogen and oxygen atoms in total. The number of alkyl halides is 1. The van der Waals surface area contributed by atoms with Crippen molar-refractivity contribution in [3.05, 3.63) is 35.4 Å². The number of benzene rings is 1. The lowest BCUT2D eigenvalue weighted by molar-refractivity contribution is -0.119. The molecule has 0 radical (unpaired) electrons. The fraction of sp³-hybridized carbons (Fsp3) is 0.333. The van der Waals surface area contributed by atoms with Gasteiger partial charge < -0.3 is 5.32 Å². The summed E-state index contributed by atoms with van der Waals surface area (Å²) in [5.74, 6) is 0.499. The van der Waals surface area contributed by atoms with Gasteiger partial charge in [-0.15, -0.1) is 0 Å². The first-order valence-electron chi connectivity index (χ1n) is 6.78. The van der Waals surface area contributed by atoms with E-state index in [1.807, 2.05) is 37.3 Å². The third-order valence-corrected chi connectivity index (χ3v) is 4.02. The Morgan fingerprint density at radius 2 is 2.14 bits per heavy atom. The van der Waals surface area contributed by atoms with Crippen molar-refractivity contribution >= 4 is 39.3 Å². The average Bonchev–Trinajstić information content (AvgIpc) is 2.93. The van der Waals surface area contributed by atoms with Crippen LogP contribution in [-0.2, 0) is 4.79 Å². The first-order chi connectivity index (χ1) is 10.1. The Labute approximate surface area is 137 Å². The second kappa shape index (κ2) is 7.61. The van der Waals surface area contributed by atoms with Crippen molar-refractivity contribution in [3.63, 3.8) is 0 Å². The molecule has 2 rings (SSSR count). The molecular weight excluding hydrogens is 354 g/mol. The summed E-state index contributed by atoms with van der Waals surface area (Å²) in [6.07, 6.45) is 1.83. The molecule has 1 unspecified atom stereocenters. The van der Waals surface area contributed by atoms with Crippen molar-refractivity contribution in [1.29, 1.82) is 0 Å². The van der Waals surface area contributed by atoms with Gasteiger partial charge in [0.2, 0.25) is 5.91 Å². The fourth-order valence-corrected chi connectivity index (χ4v) is 2.38. The number of rotatable bonds is 6. The van der Waals surface area contributed by atoms with Crippen molar-refractivity contribution in [2.75, 3.05) is 10.6 Å². The van der Waals surface area contributed by atoms with Gasteiger partial charge in [0.05, 0.1) is 5.69 Å². The number of hydrogen-bond acceptors (Lipinski definition) is 2. The number of halogens is 2. The van der Waals surface area contributed by atoms with Crippen molar-refractivity contribution in [2.24, 2.45) is 5.92 Å². The van der Waals surface area contributed by atoms with Crippen molar-refractivity contribution in [2.45, 2.75) is 19.8 Å². The summed E-state index contributed by atoms with van der Waals surface area (Å²) < 4.78 is 0.